The van der Waals surface area contributed by atoms with Gasteiger partial charge >= 0.3 is 0 Å². The summed E-state index contributed by atoms with van der Waals surface area (Å²) >= 11 is 5.92. The first-order valence-electron chi connectivity index (χ1n) is 10.5. The van der Waals surface area contributed by atoms with Gasteiger partial charge in [0.2, 0.25) is 5.91 Å². The van der Waals surface area contributed by atoms with Gasteiger partial charge in [0.1, 0.15) is 5.75 Å². The molecule has 5 nitrogen and oxygen atoms in total. The van der Waals surface area contributed by atoms with Gasteiger partial charge in [-0.1, -0.05) is 23.7 Å². The van der Waals surface area contributed by atoms with Gasteiger partial charge in [0.25, 0.3) is 0 Å². The molecule has 0 aliphatic carbocycles. The Bertz CT molecular complexity index is 1010. The van der Waals surface area contributed by atoms with Crippen molar-refractivity contribution in [3.05, 3.63) is 64.8 Å². The van der Waals surface area contributed by atoms with E-state index in [0.717, 1.165) is 42.8 Å². The molecule has 1 aliphatic heterocycles. The average Bonchev–Trinajstić information content (AvgIpc) is 3.21. The highest BCUT2D eigenvalue weighted by molar-refractivity contribution is 6.30. The van der Waals surface area contributed by atoms with E-state index in [1.165, 1.54) is 10.9 Å². The maximum atomic E-state index is 12.6. The maximum Gasteiger partial charge on any atom is 0.237 e. The number of carbonyl (C=O) groups excluding carboxylic acids is 1. The highest BCUT2D eigenvalue weighted by Gasteiger charge is 2.28. The molecule has 1 aliphatic rings. The summed E-state index contributed by atoms with van der Waals surface area (Å²) in [6, 6.07) is 13.6. The minimum Gasteiger partial charge on any atom is -0.497 e. The number of carbonyl (C=O) groups is 1. The minimum atomic E-state index is -0.138. The van der Waals surface area contributed by atoms with Crippen LogP contribution in [0.3, 0.4) is 0 Å². The summed E-state index contributed by atoms with van der Waals surface area (Å²) < 4.78 is 5.40. The molecule has 158 valence electrons. The van der Waals surface area contributed by atoms with E-state index in [0.29, 0.717) is 17.5 Å². The second-order valence-electron chi connectivity index (χ2n) is 7.99. The average molecular weight is 426 g/mol. The van der Waals surface area contributed by atoms with Crippen LogP contribution in [0.2, 0.25) is 5.02 Å². The third-order valence-corrected chi connectivity index (χ3v) is 6.45. The van der Waals surface area contributed by atoms with E-state index in [2.05, 4.69) is 33.5 Å². The van der Waals surface area contributed by atoms with Gasteiger partial charge in [-0.2, -0.15) is 0 Å². The van der Waals surface area contributed by atoms with Crippen molar-refractivity contribution in [2.45, 2.75) is 38.3 Å². The van der Waals surface area contributed by atoms with Crippen LogP contribution in [0.25, 0.3) is 10.9 Å². The van der Waals surface area contributed by atoms with Crippen molar-refractivity contribution in [3.8, 4) is 5.75 Å². The van der Waals surface area contributed by atoms with Gasteiger partial charge in [0, 0.05) is 28.7 Å². The van der Waals surface area contributed by atoms with Gasteiger partial charge in [0.05, 0.1) is 13.2 Å². The predicted molar refractivity (Wildman–Crippen MR) is 121 cm³/mol. The Labute approximate surface area is 182 Å². The summed E-state index contributed by atoms with van der Waals surface area (Å²) in [4.78, 5) is 18.3. The normalized spacial score (nSPS) is 16.5. The molecule has 2 N–H and O–H groups in total. The number of ether oxygens (including phenoxy) is 1. The fraction of sp³-hybridized carbons (Fsp3) is 0.375. The van der Waals surface area contributed by atoms with Crippen molar-refractivity contribution in [2.24, 2.45) is 0 Å². The van der Waals surface area contributed by atoms with Crippen LogP contribution in [0.1, 0.15) is 36.8 Å². The molecule has 0 spiro atoms. The number of rotatable bonds is 6. The Balaban J connectivity index is 1.33. The number of likely N-dealkylation sites (tertiary alicyclic amines) is 1. The van der Waals surface area contributed by atoms with Crippen LogP contribution in [0, 0.1) is 0 Å². The number of nitrogens with one attached hydrogen (secondary N) is 2. The number of H-pyrrole nitrogens is 1. The Kier molecular flexibility index (Phi) is 6.30. The lowest BCUT2D eigenvalue weighted by Gasteiger charge is -2.35. The number of aromatic nitrogens is 1. The van der Waals surface area contributed by atoms with Gasteiger partial charge in [0.15, 0.2) is 0 Å². The van der Waals surface area contributed by atoms with E-state index in [1.807, 2.05) is 37.3 Å². The largest absolute Gasteiger partial charge is 0.497 e. The first-order valence-corrected chi connectivity index (χ1v) is 10.8. The summed E-state index contributed by atoms with van der Waals surface area (Å²) in [6.45, 7) is 4.34. The summed E-state index contributed by atoms with van der Waals surface area (Å²) in [6.07, 6.45) is 4.21. The highest BCUT2D eigenvalue weighted by atomic mass is 35.5. The number of hydrogen-bond donors (Lipinski definition) is 2. The van der Waals surface area contributed by atoms with E-state index in [-0.39, 0.29) is 11.9 Å². The van der Waals surface area contributed by atoms with Gasteiger partial charge in [-0.05, 0) is 80.2 Å². The number of nitrogens with zero attached hydrogens (tertiary/aromatic N) is 1. The molecule has 6 heteroatoms. The fourth-order valence-corrected chi connectivity index (χ4v) is 4.41. The van der Waals surface area contributed by atoms with E-state index in [9.17, 15) is 4.79 Å². The van der Waals surface area contributed by atoms with Crippen LogP contribution in [0.5, 0.6) is 5.75 Å². The minimum absolute atomic E-state index is 0.0697. The molecule has 1 aromatic heterocycles. The van der Waals surface area contributed by atoms with Gasteiger partial charge in [-0.25, -0.2) is 0 Å². The van der Waals surface area contributed by atoms with Crippen molar-refractivity contribution < 1.29 is 9.53 Å². The first-order chi connectivity index (χ1) is 14.5. The molecular formula is C24H28ClN3O2. The summed E-state index contributed by atoms with van der Waals surface area (Å²) in [5.41, 5.74) is 3.54. The van der Waals surface area contributed by atoms with Crippen molar-refractivity contribution in [1.29, 1.82) is 0 Å². The van der Waals surface area contributed by atoms with Crippen molar-refractivity contribution in [3.63, 3.8) is 0 Å². The predicted octanol–water partition coefficient (Wildman–Crippen LogP) is 4.71. The third-order valence-electron chi connectivity index (χ3n) is 6.20. The molecule has 0 bridgehead atoms. The third kappa shape index (κ3) is 4.47. The van der Waals surface area contributed by atoms with E-state index in [4.69, 9.17) is 16.3 Å². The number of piperidine rings is 1. The molecule has 4 rings (SSSR count). The lowest BCUT2D eigenvalue weighted by molar-refractivity contribution is -0.126. The van der Waals surface area contributed by atoms with Crippen LogP contribution in [0.4, 0.5) is 0 Å². The zero-order valence-corrected chi connectivity index (χ0v) is 18.2. The second-order valence-corrected chi connectivity index (χ2v) is 8.42. The zero-order valence-electron chi connectivity index (χ0n) is 17.5. The molecule has 30 heavy (non-hydrogen) atoms. The fourth-order valence-electron chi connectivity index (χ4n) is 4.29. The second kappa shape index (κ2) is 9.11. The van der Waals surface area contributed by atoms with Crippen LogP contribution in [0.15, 0.2) is 48.7 Å². The molecule has 2 heterocycles. The Morgan fingerprint density at radius 2 is 1.97 bits per heavy atom. The number of methoxy groups -OCH3 is 1. The molecule has 1 unspecified atom stereocenters. The van der Waals surface area contributed by atoms with E-state index in [1.54, 1.807) is 7.11 Å². The smallest absolute Gasteiger partial charge is 0.237 e. The topological polar surface area (TPSA) is 57.4 Å². The molecule has 1 atom stereocenters. The number of hydrogen-bond acceptors (Lipinski definition) is 3. The lowest BCUT2D eigenvalue weighted by Crippen LogP contribution is -2.47. The Morgan fingerprint density at radius 3 is 2.67 bits per heavy atom. The zero-order chi connectivity index (χ0) is 21.1. The van der Waals surface area contributed by atoms with E-state index < -0.39 is 0 Å². The SMILES string of the molecule is COc1ccc2[nH]cc(C3CCN(C(C)C(=O)NCc4ccc(Cl)cc4)CC3)c2c1. The number of fused-ring (bicyclic) bond motifs is 1. The van der Waals surface area contributed by atoms with Crippen LogP contribution < -0.4 is 10.1 Å². The maximum absolute atomic E-state index is 12.6. The molecule has 3 aromatic rings. The Hall–Kier alpha value is -2.50. The molecule has 2 aromatic carbocycles. The van der Waals surface area contributed by atoms with Crippen molar-refractivity contribution in [2.75, 3.05) is 20.2 Å². The quantitative estimate of drug-likeness (QED) is 0.601. The van der Waals surface area contributed by atoms with E-state index >= 15 is 0 Å². The van der Waals surface area contributed by atoms with Crippen molar-refractivity contribution in [1.82, 2.24) is 15.2 Å². The number of aromatic amines is 1. The number of amides is 1. The monoisotopic (exact) mass is 425 g/mol. The first kappa shape index (κ1) is 20.8. The van der Waals surface area contributed by atoms with Crippen molar-refractivity contribution >= 4 is 28.4 Å². The Morgan fingerprint density at radius 1 is 1.23 bits per heavy atom. The lowest BCUT2D eigenvalue weighted by atomic mass is 9.88. The molecule has 1 amide bonds. The number of benzene rings is 2. The number of halogens is 1. The highest BCUT2D eigenvalue weighted by Crippen LogP contribution is 2.35. The van der Waals surface area contributed by atoms with Gasteiger partial charge in [-0.15, -0.1) is 0 Å². The van der Waals surface area contributed by atoms with Crippen LogP contribution >= 0.6 is 11.6 Å². The molecule has 1 fully saturated rings. The summed E-state index contributed by atoms with van der Waals surface area (Å²) in [5, 5.41) is 4.99. The molecule has 0 saturated carbocycles. The molecular weight excluding hydrogens is 398 g/mol. The standard InChI is InChI=1S/C24H28ClN3O2/c1-16(24(29)27-14-17-3-5-19(25)6-4-17)28-11-9-18(10-12-28)22-15-26-23-8-7-20(30-2)13-21(22)23/h3-8,13,15-16,18,26H,9-12,14H2,1-2H3,(H,27,29). The van der Waals surface area contributed by atoms with Crippen LogP contribution in [-0.2, 0) is 11.3 Å². The van der Waals surface area contributed by atoms with Gasteiger partial charge in [-0.3, -0.25) is 9.69 Å². The van der Waals surface area contributed by atoms with Gasteiger partial charge < -0.3 is 15.0 Å². The molecule has 0 radical (unpaired) electrons. The molecule has 1 saturated heterocycles. The summed E-state index contributed by atoms with van der Waals surface area (Å²) in [7, 11) is 1.70. The van der Waals surface area contributed by atoms with Crippen LogP contribution in [-0.4, -0.2) is 42.0 Å². The summed E-state index contributed by atoms with van der Waals surface area (Å²) in [5.74, 6) is 1.44.